The lowest BCUT2D eigenvalue weighted by atomic mass is 10.4. The minimum absolute atomic E-state index is 0.0328. The maximum absolute atomic E-state index is 11.7. The Balaban J connectivity index is 4.69. The number of carboxylic acids is 2. The first-order chi connectivity index (χ1) is 7.92. The standard InChI is InChI=1S/C9H16N2O6/c1-2-10(3-4-12)9(17)11(5-7(13)14)6-8(15)16/h12H,2-6H2,1H3,(H,13,14)(H,15,16). The fourth-order valence-corrected chi connectivity index (χ4v) is 1.23. The van der Waals surface area contributed by atoms with Crippen molar-refractivity contribution in [2.24, 2.45) is 0 Å². The normalized spacial score (nSPS) is 9.76. The molecule has 0 aliphatic carbocycles. The number of aliphatic carboxylic acids is 2. The Hall–Kier alpha value is -1.83. The van der Waals surface area contributed by atoms with Gasteiger partial charge in [0, 0.05) is 13.1 Å². The molecule has 3 N–H and O–H groups in total. The maximum atomic E-state index is 11.7. The van der Waals surface area contributed by atoms with Crippen LogP contribution < -0.4 is 0 Å². The van der Waals surface area contributed by atoms with Crippen molar-refractivity contribution in [2.45, 2.75) is 6.92 Å². The van der Waals surface area contributed by atoms with E-state index in [1.807, 2.05) is 0 Å². The van der Waals surface area contributed by atoms with Crippen LogP contribution in [0.3, 0.4) is 0 Å². The summed E-state index contributed by atoms with van der Waals surface area (Å²) in [5, 5.41) is 25.9. The van der Waals surface area contributed by atoms with Crippen LogP contribution in [0.25, 0.3) is 0 Å². The van der Waals surface area contributed by atoms with E-state index in [4.69, 9.17) is 15.3 Å². The van der Waals surface area contributed by atoms with Gasteiger partial charge in [-0.1, -0.05) is 0 Å². The van der Waals surface area contributed by atoms with Crippen molar-refractivity contribution in [2.75, 3.05) is 32.8 Å². The minimum atomic E-state index is -1.29. The zero-order chi connectivity index (χ0) is 13.4. The number of amides is 2. The van der Waals surface area contributed by atoms with Gasteiger partial charge in [-0.2, -0.15) is 0 Å². The van der Waals surface area contributed by atoms with Gasteiger partial charge in [-0.25, -0.2) is 4.79 Å². The molecule has 0 unspecified atom stereocenters. The molecule has 8 nitrogen and oxygen atoms in total. The van der Waals surface area contributed by atoms with E-state index in [2.05, 4.69) is 0 Å². The first-order valence-corrected chi connectivity index (χ1v) is 5.00. The van der Waals surface area contributed by atoms with E-state index in [0.29, 0.717) is 4.90 Å². The van der Waals surface area contributed by atoms with E-state index in [1.165, 1.54) is 4.90 Å². The predicted octanol–water partition coefficient (Wildman–Crippen LogP) is -1.11. The number of carboxylic acid groups (broad SMARTS) is 2. The molecule has 0 aliphatic heterocycles. The van der Waals surface area contributed by atoms with Gasteiger partial charge in [-0.05, 0) is 6.92 Å². The second-order valence-corrected chi connectivity index (χ2v) is 3.23. The van der Waals surface area contributed by atoms with Crippen LogP contribution in [0.1, 0.15) is 6.92 Å². The fourth-order valence-electron chi connectivity index (χ4n) is 1.23. The predicted molar refractivity (Wildman–Crippen MR) is 56.6 cm³/mol. The summed E-state index contributed by atoms with van der Waals surface area (Å²) < 4.78 is 0. The highest BCUT2D eigenvalue weighted by Crippen LogP contribution is 1.99. The zero-order valence-corrected chi connectivity index (χ0v) is 9.50. The quantitative estimate of drug-likeness (QED) is 0.526. The number of aliphatic hydroxyl groups is 1. The van der Waals surface area contributed by atoms with E-state index < -0.39 is 31.1 Å². The lowest BCUT2D eigenvalue weighted by Gasteiger charge is -2.27. The van der Waals surface area contributed by atoms with Crippen LogP contribution in [-0.4, -0.2) is 75.9 Å². The first-order valence-electron chi connectivity index (χ1n) is 5.00. The molecule has 8 heteroatoms. The van der Waals surface area contributed by atoms with Crippen molar-refractivity contribution in [3.05, 3.63) is 0 Å². The van der Waals surface area contributed by atoms with Gasteiger partial charge < -0.3 is 25.1 Å². The Morgan fingerprint density at radius 2 is 1.47 bits per heavy atom. The summed E-state index contributed by atoms with van der Waals surface area (Å²) in [6.07, 6.45) is 0. The van der Waals surface area contributed by atoms with Gasteiger partial charge in [0.15, 0.2) is 0 Å². The summed E-state index contributed by atoms with van der Waals surface area (Å²) in [5.74, 6) is -2.58. The number of likely N-dealkylation sites (N-methyl/N-ethyl adjacent to an activating group) is 1. The second-order valence-electron chi connectivity index (χ2n) is 3.23. The topological polar surface area (TPSA) is 118 Å². The first kappa shape index (κ1) is 15.2. The molecule has 0 rings (SSSR count). The van der Waals surface area contributed by atoms with Gasteiger partial charge in [-0.15, -0.1) is 0 Å². The van der Waals surface area contributed by atoms with E-state index in [9.17, 15) is 14.4 Å². The molecule has 0 aromatic carbocycles. The zero-order valence-electron chi connectivity index (χ0n) is 9.50. The number of rotatable bonds is 7. The number of nitrogens with zero attached hydrogens (tertiary/aromatic N) is 2. The SMILES string of the molecule is CCN(CCO)C(=O)N(CC(=O)O)CC(=O)O. The van der Waals surface area contributed by atoms with Crippen LogP contribution in [0.15, 0.2) is 0 Å². The molecule has 0 spiro atoms. The molecule has 17 heavy (non-hydrogen) atoms. The van der Waals surface area contributed by atoms with Gasteiger partial charge in [0.05, 0.1) is 6.61 Å². The Morgan fingerprint density at radius 3 is 1.76 bits per heavy atom. The molecule has 0 heterocycles. The average Bonchev–Trinajstić information content (AvgIpc) is 2.22. The number of aliphatic hydroxyl groups excluding tert-OH is 1. The summed E-state index contributed by atoms with van der Waals surface area (Å²) in [5.41, 5.74) is 0. The number of hydrogen-bond donors (Lipinski definition) is 3. The third kappa shape index (κ3) is 5.71. The van der Waals surface area contributed by atoms with Crippen LogP contribution in [0.4, 0.5) is 4.79 Å². The van der Waals surface area contributed by atoms with Gasteiger partial charge in [-0.3, -0.25) is 9.59 Å². The molecule has 0 atom stereocenters. The van der Waals surface area contributed by atoms with Crippen molar-refractivity contribution in [3.8, 4) is 0 Å². The molecule has 0 saturated heterocycles. The van der Waals surface area contributed by atoms with Gasteiger partial charge in [0.2, 0.25) is 0 Å². The molecular formula is C9H16N2O6. The molecule has 0 aromatic rings. The number of carbonyl (C=O) groups excluding carboxylic acids is 1. The van der Waals surface area contributed by atoms with Crippen molar-refractivity contribution >= 4 is 18.0 Å². The van der Waals surface area contributed by atoms with Crippen molar-refractivity contribution in [3.63, 3.8) is 0 Å². The van der Waals surface area contributed by atoms with Crippen LogP contribution >= 0.6 is 0 Å². The van der Waals surface area contributed by atoms with E-state index >= 15 is 0 Å². The van der Waals surface area contributed by atoms with Gasteiger partial charge in [0.25, 0.3) is 0 Å². The molecule has 0 aromatic heterocycles. The molecule has 0 radical (unpaired) electrons. The fraction of sp³-hybridized carbons (Fsp3) is 0.667. The minimum Gasteiger partial charge on any atom is -0.480 e. The highest BCUT2D eigenvalue weighted by molar-refractivity contribution is 5.84. The molecule has 2 amide bonds. The smallest absolute Gasteiger partial charge is 0.323 e. The van der Waals surface area contributed by atoms with Crippen LogP contribution in [0, 0.1) is 0 Å². The third-order valence-corrected chi connectivity index (χ3v) is 1.94. The molecule has 0 bridgehead atoms. The van der Waals surface area contributed by atoms with Crippen LogP contribution in [0.5, 0.6) is 0 Å². The summed E-state index contributed by atoms with van der Waals surface area (Å²) in [6.45, 7) is 0.293. The van der Waals surface area contributed by atoms with Crippen molar-refractivity contribution in [1.82, 2.24) is 9.80 Å². The van der Waals surface area contributed by atoms with E-state index in [0.717, 1.165) is 0 Å². The van der Waals surface area contributed by atoms with Gasteiger partial charge >= 0.3 is 18.0 Å². The highest BCUT2D eigenvalue weighted by Gasteiger charge is 2.23. The van der Waals surface area contributed by atoms with Crippen molar-refractivity contribution < 1.29 is 29.7 Å². The van der Waals surface area contributed by atoms with E-state index in [1.54, 1.807) is 6.92 Å². The summed E-state index contributed by atoms with van der Waals surface area (Å²) in [4.78, 5) is 34.6. The second kappa shape index (κ2) is 7.44. The third-order valence-electron chi connectivity index (χ3n) is 1.94. The Labute approximate surface area is 98.0 Å². The number of carbonyl (C=O) groups is 3. The molecule has 0 fully saturated rings. The van der Waals surface area contributed by atoms with Gasteiger partial charge in [0.1, 0.15) is 13.1 Å². The van der Waals surface area contributed by atoms with E-state index in [-0.39, 0.29) is 19.7 Å². The lowest BCUT2D eigenvalue weighted by molar-refractivity contribution is -0.140. The summed E-state index contributed by atoms with van der Waals surface area (Å²) in [6, 6.07) is -0.716. The highest BCUT2D eigenvalue weighted by atomic mass is 16.4. The Kier molecular flexibility index (Phi) is 6.64. The Bertz CT molecular complexity index is 277. The molecular weight excluding hydrogens is 232 g/mol. The molecule has 0 saturated carbocycles. The number of urea groups is 1. The number of hydrogen-bond acceptors (Lipinski definition) is 4. The lowest BCUT2D eigenvalue weighted by Crippen LogP contribution is -2.48. The maximum Gasteiger partial charge on any atom is 0.323 e. The largest absolute Gasteiger partial charge is 0.480 e. The summed E-state index contributed by atoms with van der Waals surface area (Å²) in [7, 11) is 0. The molecule has 98 valence electrons. The summed E-state index contributed by atoms with van der Waals surface area (Å²) >= 11 is 0. The van der Waals surface area contributed by atoms with Crippen molar-refractivity contribution in [1.29, 1.82) is 0 Å². The monoisotopic (exact) mass is 248 g/mol. The average molecular weight is 248 g/mol. The Morgan fingerprint density at radius 1 is 1.00 bits per heavy atom. The van der Waals surface area contributed by atoms with Crippen LogP contribution in [0.2, 0.25) is 0 Å². The molecule has 0 aliphatic rings. The van der Waals surface area contributed by atoms with Crippen LogP contribution in [-0.2, 0) is 9.59 Å².